The number of hydrogen-bond donors (Lipinski definition) is 0. The van der Waals surface area contributed by atoms with E-state index in [4.69, 9.17) is 19.9 Å². The van der Waals surface area contributed by atoms with Crippen LogP contribution in [0, 0.1) is 0 Å². The van der Waals surface area contributed by atoms with E-state index in [1.807, 2.05) is 78.2 Å². The number of thiophene rings is 1. The first-order chi connectivity index (χ1) is 27.3. The summed E-state index contributed by atoms with van der Waals surface area (Å²) in [5.41, 5.74) is 11.9. The first-order valence-corrected chi connectivity index (χ1v) is 19.1. The first-order valence-electron chi connectivity index (χ1n) is 18.3. The van der Waals surface area contributed by atoms with E-state index in [9.17, 15) is 0 Å². The molecule has 0 atom stereocenters. The molecular weight excluding hydrogens is 689 g/mol. The summed E-state index contributed by atoms with van der Waals surface area (Å²) in [6.07, 6.45) is 1.89. The minimum Gasteiger partial charge on any atom is -0.255 e. The fraction of sp³-hybridized carbons (Fsp3) is 0. The molecule has 258 valence electrons. The van der Waals surface area contributed by atoms with Crippen LogP contribution in [0.5, 0.6) is 0 Å². The summed E-state index contributed by atoms with van der Waals surface area (Å²) >= 11 is 1.86. The highest BCUT2D eigenvalue weighted by Gasteiger charge is 2.21. The average molecular weight is 721 g/mol. The van der Waals surface area contributed by atoms with Crippen molar-refractivity contribution in [1.29, 1.82) is 0 Å². The van der Waals surface area contributed by atoms with Crippen molar-refractivity contribution in [3.63, 3.8) is 0 Å². The van der Waals surface area contributed by atoms with Crippen molar-refractivity contribution in [3.8, 4) is 78.8 Å². The number of aromatic nitrogens is 4. The zero-order valence-corrected chi connectivity index (χ0v) is 30.5. The van der Waals surface area contributed by atoms with Crippen LogP contribution in [0.25, 0.3) is 99.0 Å². The number of hydrogen-bond acceptors (Lipinski definition) is 5. The second-order valence-corrected chi connectivity index (χ2v) is 14.5. The van der Waals surface area contributed by atoms with E-state index in [0.29, 0.717) is 17.5 Å². The van der Waals surface area contributed by atoms with Crippen molar-refractivity contribution in [1.82, 2.24) is 19.9 Å². The first kappa shape index (κ1) is 32.6. The molecular formula is C50H32N4S. The zero-order chi connectivity index (χ0) is 36.6. The Morgan fingerprint density at radius 3 is 1.33 bits per heavy atom. The van der Waals surface area contributed by atoms with Crippen LogP contribution < -0.4 is 0 Å². The van der Waals surface area contributed by atoms with Crippen molar-refractivity contribution < 1.29 is 0 Å². The molecule has 0 radical (unpaired) electrons. The normalized spacial score (nSPS) is 11.3. The van der Waals surface area contributed by atoms with Crippen LogP contribution in [0.4, 0.5) is 0 Å². The van der Waals surface area contributed by atoms with Crippen molar-refractivity contribution in [2.45, 2.75) is 0 Å². The van der Waals surface area contributed by atoms with E-state index in [1.54, 1.807) is 0 Å². The Morgan fingerprint density at radius 1 is 0.327 bits per heavy atom. The Bertz CT molecular complexity index is 2870. The highest BCUT2D eigenvalue weighted by Crippen LogP contribution is 2.48. The number of pyridine rings is 1. The van der Waals surface area contributed by atoms with Gasteiger partial charge < -0.3 is 0 Å². The fourth-order valence-corrected chi connectivity index (χ4v) is 8.67. The Hall–Kier alpha value is -7.08. The van der Waals surface area contributed by atoms with E-state index in [2.05, 4.69) is 127 Å². The van der Waals surface area contributed by atoms with E-state index in [1.165, 1.54) is 53.6 Å². The molecule has 7 aromatic carbocycles. The van der Waals surface area contributed by atoms with Crippen molar-refractivity contribution in [2.24, 2.45) is 0 Å². The van der Waals surface area contributed by atoms with E-state index < -0.39 is 0 Å². The molecule has 3 heterocycles. The van der Waals surface area contributed by atoms with Gasteiger partial charge in [-0.25, -0.2) is 15.0 Å². The lowest BCUT2D eigenvalue weighted by molar-refractivity contribution is 1.07. The Labute approximate surface area is 323 Å². The van der Waals surface area contributed by atoms with Gasteiger partial charge in [-0.15, -0.1) is 11.3 Å². The van der Waals surface area contributed by atoms with Gasteiger partial charge >= 0.3 is 0 Å². The van der Waals surface area contributed by atoms with Gasteiger partial charge in [0.05, 0.1) is 5.69 Å². The van der Waals surface area contributed by atoms with Gasteiger partial charge in [0.15, 0.2) is 17.5 Å². The lowest BCUT2D eigenvalue weighted by Gasteiger charge is -2.11. The van der Waals surface area contributed by atoms with Gasteiger partial charge in [-0.2, -0.15) is 0 Å². The van der Waals surface area contributed by atoms with Crippen LogP contribution in [0.3, 0.4) is 0 Å². The van der Waals surface area contributed by atoms with Gasteiger partial charge in [0, 0.05) is 54.2 Å². The number of rotatable bonds is 7. The minimum absolute atomic E-state index is 0.581. The third-order valence-electron chi connectivity index (χ3n) is 9.99. The summed E-state index contributed by atoms with van der Waals surface area (Å²) in [6, 6.07) is 65.6. The minimum atomic E-state index is 0.581. The van der Waals surface area contributed by atoms with Crippen molar-refractivity contribution >= 4 is 31.5 Å². The van der Waals surface area contributed by atoms with Crippen LogP contribution in [0.15, 0.2) is 194 Å². The molecule has 0 saturated heterocycles. The molecule has 0 unspecified atom stereocenters. The van der Waals surface area contributed by atoms with Crippen molar-refractivity contribution in [3.05, 3.63) is 194 Å². The summed E-state index contributed by atoms with van der Waals surface area (Å²) in [7, 11) is 0. The second kappa shape index (κ2) is 14.0. The highest BCUT2D eigenvalue weighted by atomic mass is 32.1. The molecule has 0 N–H and O–H groups in total. The van der Waals surface area contributed by atoms with Crippen molar-refractivity contribution in [2.75, 3.05) is 0 Å². The summed E-state index contributed by atoms with van der Waals surface area (Å²) in [5, 5.41) is 2.42. The van der Waals surface area contributed by atoms with Gasteiger partial charge in [0.1, 0.15) is 0 Å². The summed E-state index contributed by atoms with van der Waals surface area (Å²) in [6.45, 7) is 0. The standard InChI is InChI=1S/C50H32N4S/c1-6-16-33(17-7-1)39-30-42(35-20-10-3-11-21-35)46-43(31-39)45-41(28-27-40(47(45)55-46)34-18-8-2-9-19-34)44-29-26-38(32-51-44)50-53-48(36-22-12-4-13-23-36)52-49(54-50)37-24-14-5-15-25-37/h1-32H. The van der Waals surface area contributed by atoms with E-state index in [0.717, 1.165) is 27.9 Å². The van der Waals surface area contributed by atoms with Gasteiger partial charge in [-0.3, -0.25) is 4.98 Å². The molecule has 3 aromatic heterocycles. The smallest absolute Gasteiger partial charge is 0.165 e. The molecule has 0 aliphatic carbocycles. The van der Waals surface area contributed by atoms with Crippen LogP contribution in [-0.2, 0) is 0 Å². The molecule has 0 bridgehead atoms. The molecule has 10 rings (SSSR count). The monoisotopic (exact) mass is 720 g/mol. The molecule has 5 heteroatoms. The van der Waals surface area contributed by atoms with Gasteiger partial charge in [-0.1, -0.05) is 164 Å². The third kappa shape index (κ3) is 6.17. The van der Waals surface area contributed by atoms with Gasteiger partial charge in [-0.05, 0) is 52.1 Å². The van der Waals surface area contributed by atoms with Crippen LogP contribution in [0.1, 0.15) is 0 Å². The number of benzene rings is 7. The second-order valence-electron chi connectivity index (χ2n) is 13.4. The van der Waals surface area contributed by atoms with Crippen LogP contribution >= 0.6 is 11.3 Å². The maximum absolute atomic E-state index is 5.13. The van der Waals surface area contributed by atoms with Gasteiger partial charge in [0.2, 0.25) is 0 Å². The third-order valence-corrected chi connectivity index (χ3v) is 11.3. The van der Waals surface area contributed by atoms with Crippen LogP contribution in [-0.4, -0.2) is 19.9 Å². The Kier molecular flexibility index (Phi) is 8.32. The number of nitrogens with zero attached hydrogens (tertiary/aromatic N) is 4. The number of fused-ring (bicyclic) bond motifs is 3. The van der Waals surface area contributed by atoms with Crippen LogP contribution in [0.2, 0.25) is 0 Å². The molecule has 0 spiro atoms. The van der Waals surface area contributed by atoms with E-state index in [-0.39, 0.29) is 0 Å². The van der Waals surface area contributed by atoms with E-state index >= 15 is 0 Å². The summed E-state index contributed by atoms with van der Waals surface area (Å²) in [5.74, 6) is 1.83. The summed E-state index contributed by atoms with van der Waals surface area (Å²) < 4.78 is 2.50. The molecule has 0 aliphatic rings. The maximum Gasteiger partial charge on any atom is 0.165 e. The quantitative estimate of drug-likeness (QED) is 0.164. The largest absolute Gasteiger partial charge is 0.255 e. The highest BCUT2D eigenvalue weighted by molar-refractivity contribution is 7.27. The molecule has 4 nitrogen and oxygen atoms in total. The lowest BCUT2D eigenvalue weighted by atomic mass is 9.93. The SMILES string of the molecule is c1ccc(-c2cc(-c3ccccc3)c3sc4c(-c5ccccc5)ccc(-c5ccc(-c6nc(-c7ccccc7)nc(-c7ccccc7)n6)cn5)c4c3c2)cc1. The molecule has 0 aliphatic heterocycles. The Balaban J connectivity index is 1.18. The molecule has 0 fully saturated rings. The predicted octanol–water partition coefficient (Wildman–Crippen LogP) is 13.3. The average Bonchev–Trinajstić information content (AvgIpc) is 3.67. The predicted molar refractivity (Wildman–Crippen MR) is 229 cm³/mol. The molecule has 10 aromatic rings. The van der Waals surface area contributed by atoms with Gasteiger partial charge in [0.25, 0.3) is 0 Å². The molecule has 0 saturated carbocycles. The zero-order valence-electron chi connectivity index (χ0n) is 29.7. The lowest BCUT2D eigenvalue weighted by Crippen LogP contribution is -2.00. The maximum atomic E-state index is 5.13. The Morgan fingerprint density at radius 2 is 0.800 bits per heavy atom. The summed E-state index contributed by atoms with van der Waals surface area (Å²) in [4.78, 5) is 19.9. The molecule has 55 heavy (non-hydrogen) atoms. The molecule has 0 amide bonds. The topological polar surface area (TPSA) is 51.6 Å². The fourth-order valence-electron chi connectivity index (χ4n) is 7.29.